The van der Waals surface area contributed by atoms with Gasteiger partial charge < -0.3 is 15.4 Å². The Morgan fingerprint density at radius 1 is 1.18 bits per heavy atom. The Morgan fingerprint density at radius 3 is 2.75 bits per heavy atom. The summed E-state index contributed by atoms with van der Waals surface area (Å²) in [7, 11) is 1.83. The minimum Gasteiger partial charge on any atom is -0.373 e. The van der Waals surface area contributed by atoms with Crippen LogP contribution < -0.4 is 10.6 Å². The summed E-state index contributed by atoms with van der Waals surface area (Å²) in [6.45, 7) is 4.59. The molecule has 150 valence electrons. The molecule has 0 aliphatic carbocycles. The van der Waals surface area contributed by atoms with Crippen LogP contribution in [-0.2, 0) is 11.3 Å². The number of rotatable bonds is 6. The van der Waals surface area contributed by atoms with Crippen molar-refractivity contribution < 1.29 is 4.74 Å². The number of guanidine groups is 1. The van der Waals surface area contributed by atoms with Gasteiger partial charge in [0, 0.05) is 37.6 Å². The lowest BCUT2D eigenvalue weighted by Gasteiger charge is -2.32. The van der Waals surface area contributed by atoms with Gasteiger partial charge in [-0.3, -0.25) is 4.99 Å². The first-order chi connectivity index (χ1) is 13.7. The predicted molar refractivity (Wildman–Crippen MR) is 119 cm³/mol. The highest BCUT2D eigenvalue weighted by Crippen LogP contribution is 2.33. The molecular formula is C23H31N3OS. The molecule has 1 aliphatic rings. The Hall–Kier alpha value is -1.98. The maximum absolute atomic E-state index is 6.11. The molecule has 1 heterocycles. The second kappa shape index (κ2) is 10.5. The van der Waals surface area contributed by atoms with Crippen molar-refractivity contribution in [1.82, 2.24) is 10.6 Å². The van der Waals surface area contributed by atoms with Crippen molar-refractivity contribution in [2.75, 3.05) is 26.5 Å². The van der Waals surface area contributed by atoms with Crippen molar-refractivity contribution in [3.8, 4) is 0 Å². The molecule has 1 aliphatic heterocycles. The summed E-state index contributed by atoms with van der Waals surface area (Å²) in [5.74, 6) is 1.28. The zero-order chi connectivity index (χ0) is 19.8. The molecule has 28 heavy (non-hydrogen) atoms. The first-order valence-corrected chi connectivity index (χ1v) is 11.2. The Bertz CT molecular complexity index is 779. The maximum Gasteiger partial charge on any atom is 0.191 e. The van der Waals surface area contributed by atoms with E-state index in [4.69, 9.17) is 4.74 Å². The molecule has 0 radical (unpaired) electrons. The topological polar surface area (TPSA) is 45.7 Å². The predicted octanol–water partition coefficient (Wildman–Crippen LogP) is 4.55. The van der Waals surface area contributed by atoms with Crippen molar-refractivity contribution >= 4 is 17.7 Å². The van der Waals surface area contributed by atoms with Crippen LogP contribution in [0.25, 0.3) is 0 Å². The molecule has 0 aromatic heterocycles. The molecule has 0 bridgehead atoms. The van der Waals surface area contributed by atoms with Crippen LogP contribution >= 0.6 is 11.8 Å². The van der Waals surface area contributed by atoms with Gasteiger partial charge in [0.2, 0.25) is 0 Å². The van der Waals surface area contributed by atoms with E-state index < -0.39 is 0 Å². The lowest BCUT2D eigenvalue weighted by atomic mass is 9.89. The fourth-order valence-electron chi connectivity index (χ4n) is 3.69. The zero-order valence-corrected chi connectivity index (χ0v) is 17.9. The molecule has 0 saturated carbocycles. The molecule has 2 aromatic carbocycles. The summed E-state index contributed by atoms with van der Waals surface area (Å²) < 4.78 is 6.11. The monoisotopic (exact) mass is 397 g/mol. The summed E-state index contributed by atoms with van der Waals surface area (Å²) in [6.07, 6.45) is 4.55. The highest BCUT2D eigenvalue weighted by Gasteiger charge is 2.27. The molecular weight excluding hydrogens is 366 g/mol. The number of ether oxygens (including phenoxy) is 1. The smallest absolute Gasteiger partial charge is 0.191 e. The van der Waals surface area contributed by atoms with Crippen molar-refractivity contribution in [3.63, 3.8) is 0 Å². The quantitative estimate of drug-likeness (QED) is 0.426. The van der Waals surface area contributed by atoms with E-state index in [1.165, 1.54) is 21.6 Å². The number of hydrogen-bond acceptors (Lipinski definition) is 3. The van der Waals surface area contributed by atoms with Crippen LogP contribution in [0, 0.1) is 12.8 Å². The van der Waals surface area contributed by atoms with Crippen LogP contribution in [0.3, 0.4) is 0 Å². The minimum absolute atomic E-state index is 0.153. The molecule has 0 spiro atoms. The Morgan fingerprint density at radius 2 is 2.00 bits per heavy atom. The third kappa shape index (κ3) is 5.52. The van der Waals surface area contributed by atoms with Gasteiger partial charge in [0.25, 0.3) is 0 Å². The second-order valence-corrected chi connectivity index (χ2v) is 8.07. The molecule has 2 N–H and O–H groups in total. The van der Waals surface area contributed by atoms with Crippen molar-refractivity contribution in [3.05, 3.63) is 65.2 Å². The van der Waals surface area contributed by atoms with E-state index in [2.05, 4.69) is 77.3 Å². The normalized spacial score (nSPS) is 20.0. The van der Waals surface area contributed by atoms with E-state index in [9.17, 15) is 0 Å². The standard InChI is InChI=1S/C23H31N3OS/c1-17-11-12-19(21(14-17)28-3)15-25-23(24-2)26-16-20-10-7-13-27-22(20)18-8-5-4-6-9-18/h4-6,8-9,11-12,14,20,22H,7,10,13,15-16H2,1-3H3,(H2,24,25,26). The van der Waals surface area contributed by atoms with Gasteiger partial charge >= 0.3 is 0 Å². The van der Waals surface area contributed by atoms with Crippen LogP contribution in [0.4, 0.5) is 0 Å². The largest absolute Gasteiger partial charge is 0.373 e. The lowest BCUT2D eigenvalue weighted by Crippen LogP contribution is -2.41. The van der Waals surface area contributed by atoms with E-state index in [-0.39, 0.29) is 6.10 Å². The van der Waals surface area contributed by atoms with Crippen molar-refractivity contribution in [2.24, 2.45) is 10.9 Å². The third-order valence-corrected chi connectivity index (χ3v) is 6.04. The van der Waals surface area contributed by atoms with Crippen LogP contribution in [0.5, 0.6) is 0 Å². The lowest BCUT2D eigenvalue weighted by molar-refractivity contribution is -0.0265. The third-order valence-electron chi connectivity index (χ3n) is 5.22. The van der Waals surface area contributed by atoms with Gasteiger partial charge in [0.15, 0.2) is 5.96 Å². The van der Waals surface area contributed by atoms with Gasteiger partial charge in [-0.25, -0.2) is 0 Å². The number of aryl methyl sites for hydroxylation is 1. The average molecular weight is 398 g/mol. The highest BCUT2D eigenvalue weighted by atomic mass is 32.2. The molecule has 4 nitrogen and oxygen atoms in total. The SMILES string of the molecule is CN=C(NCc1ccc(C)cc1SC)NCC1CCCOC1c1ccccc1. The van der Waals surface area contributed by atoms with Crippen molar-refractivity contribution in [2.45, 2.75) is 37.3 Å². The zero-order valence-electron chi connectivity index (χ0n) is 17.1. The molecule has 3 rings (SSSR count). The number of nitrogens with one attached hydrogen (secondary N) is 2. The summed E-state index contributed by atoms with van der Waals surface area (Å²) in [5, 5.41) is 6.97. The van der Waals surface area contributed by atoms with Crippen LogP contribution in [0.2, 0.25) is 0 Å². The number of nitrogens with zero attached hydrogens (tertiary/aromatic N) is 1. The van der Waals surface area contributed by atoms with E-state index in [0.717, 1.165) is 38.5 Å². The van der Waals surface area contributed by atoms with Gasteiger partial charge in [0.05, 0.1) is 6.10 Å². The molecule has 2 atom stereocenters. The number of benzene rings is 2. The second-order valence-electron chi connectivity index (χ2n) is 7.23. The Balaban J connectivity index is 1.57. The fraction of sp³-hybridized carbons (Fsp3) is 0.435. The summed E-state index contributed by atoms with van der Waals surface area (Å²) in [5.41, 5.74) is 3.85. The van der Waals surface area contributed by atoms with E-state index in [1.807, 2.05) is 7.05 Å². The van der Waals surface area contributed by atoms with Gasteiger partial charge in [-0.2, -0.15) is 0 Å². The molecule has 2 unspecified atom stereocenters. The van der Waals surface area contributed by atoms with Crippen LogP contribution in [-0.4, -0.2) is 32.4 Å². The Kier molecular flexibility index (Phi) is 7.80. The number of hydrogen-bond donors (Lipinski definition) is 2. The molecule has 2 aromatic rings. The van der Waals surface area contributed by atoms with E-state index in [0.29, 0.717) is 5.92 Å². The summed E-state index contributed by atoms with van der Waals surface area (Å²) >= 11 is 1.79. The first-order valence-electron chi connectivity index (χ1n) is 9.96. The fourth-order valence-corrected chi connectivity index (χ4v) is 4.39. The van der Waals surface area contributed by atoms with Crippen molar-refractivity contribution in [1.29, 1.82) is 0 Å². The minimum atomic E-state index is 0.153. The first kappa shape index (κ1) is 20.7. The molecule has 5 heteroatoms. The Labute approximate surface area is 173 Å². The molecule has 1 saturated heterocycles. The van der Waals surface area contributed by atoms with Crippen LogP contribution in [0.15, 0.2) is 58.4 Å². The van der Waals surface area contributed by atoms with Gasteiger partial charge in [-0.15, -0.1) is 11.8 Å². The van der Waals surface area contributed by atoms with Crippen LogP contribution in [0.1, 0.15) is 35.6 Å². The maximum atomic E-state index is 6.11. The van der Waals surface area contributed by atoms with E-state index >= 15 is 0 Å². The summed E-state index contributed by atoms with van der Waals surface area (Å²) in [4.78, 5) is 5.72. The van der Waals surface area contributed by atoms with E-state index in [1.54, 1.807) is 11.8 Å². The van der Waals surface area contributed by atoms with Gasteiger partial charge in [0.1, 0.15) is 0 Å². The summed E-state index contributed by atoms with van der Waals surface area (Å²) in [6, 6.07) is 17.2. The van der Waals surface area contributed by atoms with Gasteiger partial charge in [-0.1, -0.05) is 42.5 Å². The number of aliphatic imine (C=N–C) groups is 1. The van der Waals surface area contributed by atoms with Gasteiger partial charge in [-0.05, 0) is 48.8 Å². The molecule has 1 fully saturated rings. The number of thioether (sulfide) groups is 1. The molecule has 0 amide bonds. The average Bonchev–Trinajstić information content (AvgIpc) is 2.75. The highest BCUT2D eigenvalue weighted by molar-refractivity contribution is 7.98.